The Morgan fingerprint density at radius 2 is 2.00 bits per heavy atom. The van der Waals surface area contributed by atoms with Gasteiger partial charge < -0.3 is 4.98 Å². The fraction of sp³-hybridized carbons (Fsp3) is 0. The highest BCUT2D eigenvalue weighted by atomic mass is 15.1. The fourth-order valence-corrected chi connectivity index (χ4v) is 2.24. The molecular formula is C14H9N4. The summed E-state index contributed by atoms with van der Waals surface area (Å²) in [5, 5.41) is 0. The number of aromatic amines is 1. The predicted molar refractivity (Wildman–Crippen MR) is 69.6 cm³/mol. The zero-order valence-electron chi connectivity index (χ0n) is 9.46. The van der Waals surface area contributed by atoms with Gasteiger partial charge in [0.25, 0.3) is 0 Å². The third kappa shape index (κ3) is 1.20. The van der Waals surface area contributed by atoms with Crippen LogP contribution in [-0.4, -0.2) is 19.5 Å². The first kappa shape index (κ1) is 9.41. The zero-order chi connectivity index (χ0) is 11.9. The van der Waals surface area contributed by atoms with Crippen LogP contribution in [0.1, 0.15) is 0 Å². The van der Waals surface area contributed by atoms with Crippen molar-refractivity contribution < 1.29 is 0 Å². The molecule has 0 atom stereocenters. The molecule has 1 radical (unpaired) electrons. The van der Waals surface area contributed by atoms with E-state index in [1.807, 2.05) is 47.3 Å². The molecule has 0 aliphatic carbocycles. The lowest BCUT2D eigenvalue weighted by Crippen LogP contribution is -1.92. The second-order valence-corrected chi connectivity index (χ2v) is 4.13. The molecule has 2 aromatic heterocycles. The van der Waals surface area contributed by atoms with E-state index in [4.69, 9.17) is 0 Å². The molecule has 4 heteroatoms. The smallest absolute Gasteiger partial charge is 0.174 e. The summed E-state index contributed by atoms with van der Waals surface area (Å²) in [4.78, 5) is 11.7. The molecule has 0 unspecified atom stereocenters. The van der Waals surface area contributed by atoms with Crippen LogP contribution in [0.25, 0.3) is 27.8 Å². The molecule has 0 saturated heterocycles. The first-order chi connectivity index (χ1) is 8.93. The molecule has 4 aromatic rings. The SMILES string of the molecule is [c]1nc2c(-n3cnc4ccccc43)cccc2[nH]1. The highest BCUT2D eigenvalue weighted by Gasteiger charge is 2.08. The Morgan fingerprint density at radius 1 is 1.06 bits per heavy atom. The molecule has 0 aliphatic heterocycles. The molecule has 0 saturated carbocycles. The third-order valence-electron chi connectivity index (χ3n) is 3.09. The molecule has 1 N–H and O–H groups in total. The number of nitrogens with zero attached hydrogens (tertiary/aromatic N) is 3. The Bertz CT molecular complexity index is 841. The van der Waals surface area contributed by atoms with Gasteiger partial charge in [-0.15, -0.1) is 0 Å². The molecule has 0 amide bonds. The Morgan fingerprint density at radius 3 is 3.00 bits per heavy atom. The van der Waals surface area contributed by atoms with Crippen LogP contribution in [0.2, 0.25) is 0 Å². The van der Waals surface area contributed by atoms with Gasteiger partial charge >= 0.3 is 0 Å². The summed E-state index contributed by atoms with van der Waals surface area (Å²) in [6.07, 6.45) is 4.61. The van der Waals surface area contributed by atoms with Gasteiger partial charge in [0.15, 0.2) is 6.33 Å². The number of hydrogen-bond donors (Lipinski definition) is 1. The Kier molecular flexibility index (Phi) is 1.80. The normalized spacial score (nSPS) is 11.3. The Balaban J connectivity index is 2.10. The number of aromatic nitrogens is 4. The van der Waals surface area contributed by atoms with E-state index in [1.165, 1.54) is 0 Å². The molecule has 0 aliphatic rings. The minimum atomic E-state index is 0.903. The van der Waals surface area contributed by atoms with Crippen LogP contribution in [0.5, 0.6) is 0 Å². The number of fused-ring (bicyclic) bond motifs is 2. The second kappa shape index (κ2) is 3.43. The number of para-hydroxylation sites is 3. The van der Waals surface area contributed by atoms with Gasteiger partial charge in [0.2, 0.25) is 0 Å². The monoisotopic (exact) mass is 233 g/mol. The number of nitrogens with one attached hydrogen (secondary N) is 1. The maximum absolute atomic E-state index is 4.40. The lowest BCUT2D eigenvalue weighted by atomic mass is 10.2. The molecule has 4 nitrogen and oxygen atoms in total. The number of H-pyrrole nitrogens is 1. The van der Waals surface area contributed by atoms with Gasteiger partial charge in [-0.3, -0.25) is 4.57 Å². The van der Waals surface area contributed by atoms with Crippen LogP contribution in [-0.2, 0) is 0 Å². The molecule has 85 valence electrons. The van der Waals surface area contributed by atoms with E-state index >= 15 is 0 Å². The van der Waals surface area contributed by atoms with Crippen molar-refractivity contribution in [1.82, 2.24) is 19.5 Å². The van der Waals surface area contributed by atoms with Crippen molar-refractivity contribution in [1.29, 1.82) is 0 Å². The number of rotatable bonds is 1. The van der Waals surface area contributed by atoms with Crippen molar-refractivity contribution in [2.75, 3.05) is 0 Å². The first-order valence-corrected chi connectivity index (χ1v) is 5.71. The van der Waals surface area contributed by atoms with E-state index in [9.17, 15) is 0 Å². The maximum atomic E-state index is 4.40. The molecule has 18 heavy (non-hydrogen) atoms. The number of benzene rings is 2. The van der Waals surface area contributed by atoms with E-state index < -0.39 is 0 Å². The third-order valence-corrected chi connectivity index (χ3v) is 3.09. The van der Waals surface area contributed by atoms with Crippen molar-refractivity contribution in [3.63, 3.8) is 0 Å². The average Bonchev–Trinajstić information content (AvgIpc) is 3.05. The number of hydrogen-bond acceptors (Lipinski definition) is 2. The van der Waals surface area contributed by atoms with E-state index in [1.54, 1.807) is 0 Å². The van der Waals surface area contributed by atoms with Gasteiger partial charge in [0, 0.05) is 0 Å². The molecule has 0 spiro atoms. The van der Waals surface area contributed by atoms with Crippen LogP contribution in [0.3, 0.4) is 0 Å². The lowest BCUT2D eigenvalue weighted by Gasteiger charge is -2.04. The number of imidazole rings is 2. The second-order valence-electron chi connectivity index (χ2n) is 4.13. The lowest BCUT2D eigenvalue weighted by molar-refractivity contribution is 1.10. The van der Waals surface area contributed by atoms with Crippen LogP contribution >= 0.6 is 0 Å². The van der Waals surface area contributed by atoms with Crippen LogP contribution in [0.4, 0.5) is 0 Å². The van der Waals surface area contributed by atoms with Gasteiger partial charge in [-0.2, -0.15) is 0 Å². The quantitative estimate of drug-likeness (QED) is 0.549. The standard InChI is InChI=1S/C14H9N4/c1-2-6-12-10(4-1)17-9-18(12)13-7-3-5-11-14(13)16-8-15-11/h1-7,9H,(H,15,16). The van der Waals surface area contributed by atoms with E-state index in [2.05, 4.69) is 27.3 Å². The summed E-state index contributed by atoms with van der Waals surface area (Å²) in [7, 11) is 0. The minimum absolute atomic E-state index is 0.903. The molecule has 0 bridgehead atoms. The van der Waals surface area contributed by atoms with Crippen molar-refractivity contribution >= 4 is 22.1 Å². The van der Waals surface area contributed by atoms with Crippen LogP contribution in [0.15, 0.2) is 48.8 Å². The summed E-state index contributed by atoms with van der Waals surface area (Å²) in [6.45, 7) is 0. The molecule has 2 aromatic carbocycles. The molecule has 4 rings (SSSR count). The summed E-state index contributed by atoms with van der Waals surface area (Å²) >= 11 is 0. The molecule has 0 fully saturated rings. The minimum Gasteiger partial charge on any atom is -0.335 e. The first-order valence-electron chi connectivity index (χ1n) is 5.71. The van der Waals surface area contributed by atoms with Crippen molar-refractivity contribution in [2.45, 2.75) is 0 Å². The van der Waals surface area contributed by atoms with Gasteiger partial charge in [-0.25, -0.2) is 9.97 Å². The van der Waals surface area contributed by atoms with Crippen molar-refractivity contribution in [3.8, 4) is 5.69 Å². The average molecular weight is 233 g/mol. The highest BCUT2D eigenvalue weighted by molar-refractivity contribution is 5.87. The van der Waals surface area contributed by atoms with Crippen molar-refractivity contribution in [2.24, 2.45) is 0 Å². The molecule has 2 heterocycles. The van der Waals surface area contributed by atoms with Gasteiger partial charge in [-0.1, -0.05) is 18.2 Å². The fourth-order valence-electron chi connectivity index (χ4n) is 2.24. The predicted octanol–water partition coefficient (Wildman–Crippen LogP) is 2.70. The van der Waals surface area contributed by atoms with Gasteiger partial charge in [0.1, 0.15) is 11.8 Å². The summed E-state index contributed by atoms with van der Waals surface area (Å²) in [5.74, 6) is 0. The highest BCUT2D eigenvalue weighted by Crippen LogP contribution is 2.23. The van der Waals surface area contributed by atoms with Crippen LogP contribution in [0, 0.1) is 6.33 Å². The Labute approximate surface area is 103 Å². The Hall–Kier alpha value is -2.62. The van der Waals surface area contributed by atoms with Crippen LogP contribution < -0.4 is 0 Å². The summed E-state index contributed by atoms with van der Waals surface area (Å²) < 4.78 is 2.05. The zero-order valence-corrected chi connectivity index (χ0v) is 9.46. The van der Waals surface area contributed by atoms with E-state index in [-0.39, 0.29) is 0 Å². The van der Waals surface area contributed by atoms with Crippen molar-refractivity contribution in [3.05, 3.63) is 55.1 Å². The summed E-state index contributed by atoms with van der Waals surface area (Å²) in [5.41, 5.74) is 4.95. The maximum Gasteiger partial charge on any atom is 0.174 e. The largest absolute Gasteiger partial charge is 0.335 e. The van der Waals surface area contributed by atoms with Gasteiger partial charge in [-0.05, 0) is 24.3 Å². The topological polar surface area (TPSA) is 46.5 Å². The van der Waals surface area contributed by atoms with E-state index in [0.717, 1.165) is 27.8 Å². The van der Waals surface area contributed by atoms with E-state index in [0.29, 0.717) is 0 Å². The van der Waals surface area contributed by atoms with Gasteiger partial charge in [0.05, 0.1) is 22.2 Å². The summed E-state index contributed by atoms with van der Waals surface area (Å²) in [6, 6.07) is 14.1. The molecular weight excluding hydrogens is 224 g/mol.